The quantitative estimate of drug-likeness (QED) is 0.886. The maximum absolute atomic E-state index is 5.92. The number of rotatable bonds is 5. The van der Waals surface area contributed by atoms with E-state index < -0.39 is 0 Å². The average molecular weight is 286 g/mol. The van der Waals surface area contributed by atoms with E-state index in [1.54, 1.807) is 0 Å². The Labute approximate surface area is 124 Å². The highest BCUT2D eigenvalue weighted by Crippen LogP contribution is 2.47. The van der Waals surface area contributed by atoms with E-state index in [0.717, 1.165) is 43.7 Å². The summed E-state index contributed by atoms with van der Waals surface area (Å²) in [6.07, 6.45) is 3.13. The predicted molar refractivity (Wildman–Crippen MR) is 81.1 cm³/mol. The molecule has 1 fully saturated rings. The molecule has 0 unspecified atom stereocenters. The normalized spacial score (nSPS) is 27.2. The van der Waals surface area contributed by atoms with Gasteiger partial charge in [-0.05, 0) is 24.5 Å². The molecule has 1 aliphatic carbocycles. The van der Waals surface area contributed by atoms with Crippen LogP contribution in [-0.2, 0) is 13.1 Å². The fourth-order valence-corrected chi connectivity index (χ4v) is 3.13. The zero-order chi connectivity index (χ0) is 14.2. The Bertz CT molecular complexity index is 617. The van der Waals surface area contributed by atoms with Crippen LogP contribution in [0.3, 0.4) is 0 Å². The summed E-state index contributed by atoms with van der Waals surface area (Å²) in [6, 6.07) is 6.27. The molecule has 5 nitrogen and oxygen atoms in total. The molecule has 3 heterocycles. The van der Waals surface area contributed by atoms with Gasteiger partial charge in [0.2, 0.25) is 0 Å². The number of aromatic nitrogens is 2. The summed E-state index contributed by atoms with van der Waals surface area (Å²) in [4.78, 5) is 0. The SMILES string of the molecule is C[C@@H]1C[C@@H]1c1ccc(CNC[C@H]2CNc3ccnn3C2)o1. The highest BCUT2D eigenvalue weighted by atomic mass is 16.3. The van der Waals surface area contributed by atoms with Crippen molar-refractivity contribution in [2.75, 3.05) is 18.4 Å². The molecule has 1 aliphatic heterocycles. The van der Waals surface area contributed by atoms with Crippen molar-refractivity contribution in [3.8, 4) is 0 Å². The number of nitrogens with zero attached hydrogens (tertiary/aromatic N) is 2. The molecular formula is C16H22N4O. The third-order valence-corrected chi connectivity index (χ3v) is 4.61. The molecule has 3 atom stereocenters. The highest BCUT2D eigenvalue weighted by Gasteiger charge is 2.36. The van der Waals surface area contributed by atoms with Crippen LogP contribution >= 0.6 is 0 Å². The average Bonchev–Trinajstić information content (AvgIpc) is 2.93. The van der Waals surface area contributed by atoms with Gasteiger partial charge in [-0.15, -0.1) is 0 Å². The summed E-state index contributed by atoms with van der Waals surface area (Å²) in [5.41, 5.74) is 0. The fourth-order valence-electron chi connectivity index (χ4n) is 3.13. The minimum Gasteiger partial charge on any atom is -0.464 e. The number of hydrogen-bond acceptors (Lipinski definition) is 4. The standard InChI is InChI=1S/C16H22N4O/c1-11-6-14(11)15-3-2-13(21-15)9-17-7-12-8-18-16-4-5-19-20(16)10-12/h2-5,11-12,14,17-18H,6-10H2,1H3/t11-,12+,14+/m1/s1. The fraction of sp³-hybridized carbons (Fsp3) is 0.562. The molecule has 21 heavy (non-hydrogen) atoms. The van der Waals surface area contributed by atoms with Gasteiger partial charge in [-0.3, -0.25) is 0 Å². The lowest BCUT2D eigenvalue weighted by Gasteiger charge is -2.25. The molecule has 2 aliphatic rings. The highest BCUT2D eigenvalue weighted by molar-refractivity contribution is 5.35. The first-order valence-electron chi connectivity index (χ1n) is 7.84. The van der Waals surface area contributed by atoms with Crippen LogP contribution < -0.4 is 10.6 Å². The Hall–Kier alpha value is -1.75. The van der Waals surface area contributed by atoms with Crippen LogP contribution in [0.4, 0.5) is 5.82 Å². The Morgan fingerprint density at radius 1 is 1.43 bits per heavy atom. The van der Waals surface area contributed by atoms with Crippen LogP contribution in [0.1, 0.15) is 30.8 Å². The van der Waals surface area contributed by atoms with E-state index in [-0.39, 0.29) is 0 Å². The summed E-state index contributed by atoms with van der Waals surface area (Å²) >= 11 is 0. The lowest BCUT2D eigenvalue weighted by atomic mass is 10.1. The van der Waals surface area contributed by atoms with Crippen LogP contribution in [0.2, 0.25) is 0 Å². The third kappa shape index (κ3) is 2.70. The van der Waals surface area contributed by atoms with E-state index in [1.165, 1.54) is 12.2 Å². The first-order chi connectivity index (χ1) is 10.3. The van der Waals surface area contributed by atoms with Crippen LogP contribution in [0.15, 0.2) is 28.8 Å². The number of hydrogen-bond donors (Lipinski definition) is 2. The van der Waals surface area contributed by atoms with Crippen molar-refractivity contribution in [3.05, 3.63) is 35.9 Å². The number of fused-ring (bicyclic) bond motifs is 1. The number of furan rings is 1. The number of anilines is 1. The lowest BCUT2D eigenvalue weighted by Crippen LogP contribution is -2.35. The second kappa shape index (κ2) is 5.22. The van der Waals surface area contributed by atoms with Gasteiger partial charge in [0.15, 0.2) is 0 Å². The molecule has 2 N–H and O–H groups in total. The van der Waals surface area contributed by atoms with E-state index >= 15 is 0 Å². The summed E-state index contributed by atoms with van der Waals surface area (Å²) in [6.45, 7) is 6.05. The van der Waals surface area contributed by atoms with E-state index in [1.807, 2.05) is 16.9 Å². The van der Waals surface area contributed by atoms with Gasteiger partial charge < -0.3 is 15.1 Å². The van der Waals surface area contributed by atoms with Crippen LogP contribution in [0, 0.1) is 11.8 Å². The van der Waals surface area contributed by atoms with E-state index in [0.29, 0.717) is 11.8 Å². The Kier molecular flexibility index (Phi) is 3.22. The Morgan fingerprint density at radius 2 is 2.33 bits per heavy atom. The van der Waals surface area contributed by atoms with E-state index in [9.17, 15) is 0 Å². The summed E-state index contributed by atoms with van der Waals surface area (Å²) < 4.78 is 7.95. The van der Waals surface area contributed by atoms with Gasteiger partial charge >= 0.3 is 0 Å². The molecule has 0 saturated heterocycles. The largest absolute Gasteiger partial charge is 0.464 e. The van der Waals surface area contributed by atoms with Gasteiger partial charge in [0.05, 0.1) is 12.7 Å². The van der Waals surface area contributed by atoms with E-state index in [2.05, 4.69) is 34.8 Å². The topological polar surface area (TPSA) is 55.0 Å². The molecule has 2 aromatic rings. The van der Waals surface area contributed by atoms with Crippen molar-refractivity contribution in [1.82, 2.24) is 15.1 Å². The molecular weight excluding hydrogens is 264 g/mol. The molecule has 0 amide bonds. The van der Waals surface area contributed by atoms with Crippen molar-refractivity contribution >= 4 is 5.82 Å². The van der Waals surface area contributed by atoms with Crippen molar-refractivity contribution in [3.63, 3.8) is 0 Å². The predicted octanol–water partition coefficient (Wildman–Crippen LogP) is 2.43. The first kappa shape index (κ1) is 13.0. The summed E-state index contributed by atoms with van der Waals surface area (Å²) in [5.74, 6) is 5.37. The van der Waals surface area contributed by atoms with Crippen molar-refractivity contribution in [2.45, 2.75) is 32.4 Å². The molecule has 112 valence electrons. The first-order valence-corrected chi connectivity index (χ1v) is 7.84. The Morgan fingerprint density at radius 3 is 3.19 bits per heavy atom. The molecule has 5 heteroatoms. The number of nitrogens with one attached hydrogen (secondary N) is 2. The van der Waals surface area contributed by atoms with Gasteiger partial charge in [-0.1, -0.05) is 6.92 Å². The molecule has 4 rings (SSSR count). The van der Waals surface area contributed by atoms with Gasteiger partial charge in [-0.25, -0.2) is 4.68 Å². The van der Waals surface area contributed by atoms with Gasteiger partial charge in [0.1, 0.15) is 17.3 Å². The molecule has 1 saturated carbocycles. The van der Waals surface area contributed by atoms with Crippen LogP contribution in [0.25, 0.3) is 0 Å². The van der Waals surface area contributed by atoms with Crippen molar-refractivity contribution < 1.29 is 4.42 Å². The third-order valence-electron chi connectivity index (χ3n) is 4.61. The summed E-state index contributed by atoms with van der Waals surface area (Å²) in [5, 5.41) is 11.2. The summed E-state index contributed by atoms with van der Waals surface area (Å²) in [7, 11) is 0. The maximum atomic E-state index is 5.92. The van der Waals surface area contributed by atoms with Gasteiger partial charge in [0.25, 0.3) is 0 Å². The van der Waals surface area contributed by atoms with Crippen molar-refractivity contribution in [2.24, 2.45) is 11.8 Å². The maximum Gasteiger partial charge on any atom is 0.124 e. The lowest BCUT2D eigenvalue weighted by molar-refractivity contribution is 0.377. The monoisotopic (exact) mass is 286 g/mol. The molecule has 2 aromatic heterocycles. The van der Waals surface area contributed by atoms with Crippen LogP contribution in [0.5, 0.6) is 0 Å². The van der Waals surface area contributed by atoms with Gasteiger partial charge in [0, 0.05) is 37.5 Å². The smallest absolute Gasteiger partial charge is 0.124 e. The second-order valence-corrected chi connectivity index (χ2v) is 6.40. The van der Waals surface area contributed by atoms with Gasteiger partial charge in [-0.2, -0.15) is 5.10 Å². The minimum atomic E-state index is 0.565. The van der Waals surface area contributed by atoms with Crippen molar-refractivity contribution in [1.29, 1.82) is 0 Å². The molecule has 0 spiro atoms. The zero-order valence-electron chi connectivity index (χ0n) is 12.4. The minimum absolute atomic E-state index is 0.565. The zero-order valence-corrected chi connectivity index (χ0v) is 12.4. The molecule has 0 radical (unpaired) electrons. The van der Waals surface area contributed by atoms with E-state index in [4.69, 9.17) is 4.42 Å². The molecule has 0 bridgehead atoms. The Balaban J connectivity index is 1.25. The second-order valence-electron chi connectivity index (χ2n) is 6.40. The molecule has 0 aromatic carbocycles. The van der Waals surface area contributed by atoms with Crippen LogP contribution in [-0.4, -0.2) is 22.9 Å².